The normalized spacial score (nSPS) is 25.3. The van der Waals surface area contributed by atoms with Crippen LogP contribution in [0.3, 0.4) is 0 Å². The van der Waals surface area contributed by atoms with Crippen LogP contribution in [-0.2, 0) is 4.79 Å². The van der Waals surface area contributed by atoms with Crippen LogP contribution in [0.1, 0.15) is 32.1 Å². The molecular weight excluding hydrogens is 200 g/mol. The number of nitrogens with zero attached hydrogens (tertiary/aromatic N) is 2. The van der Waals surface area contributed by atoms with E-state index in [0.717, 1.165) is 32.1 Å². The maximum absolute atomic E-state index is 11.3. The molecule has 5 heteroatoms. The Kier molecular flexibility index (Phi) is 2.67. The molecule has 78 valence electrons. The predicted octanol–water partition coefficient (Wildman–Crippen LogP) is 1.72. The van der Waals surface area contributed by atoms with Gasteiger partial charge in [0.25, 0.3) is 0 Å². The van der Waals surface area contributed by atoms with E-state index in [4.69, 9.17) is 0 Å². The summed E-state index contributed by atoms with van der Waals surface area (Å²) in [6.45, 7) is 0. The Morgan fingerprint density at radius 3 is 2.64 bits per heavy atom. The summed E-state index contributed by atoms with van der Waals surface area (Å²) in [5.41, 5.74) is 1.03. The second-order valence-electron chi connectivity index (χ2n) is 3.81. The number of thioether (sulfide) groups is 1. The van der Waals surface area contributed by atoms with Crippen LogP contribution in [-0.4, -0.2) is 33.0 Å². The van der Waals surface area contributed by atoms with Crippen molar-refractivity contribution in [3.63, 3.8) is 0 Å². The average molecular weight is 214 g/mol. The molecule has 1 aliphatic carbocycles. The van der Waals surface area contributed by atoms with Crippen LogP contribution in [0, 0.1) is 0 Å². The fraction of sp³-hybridized carbons (Fsp3) is 0.778. The van der Waals surface area contributed by atoms with Gasteiger partial charge in [-0.2, -0.15) is 5.10 Å². The van der Waals surface area contributed by atoms with Gasteiger partial charge in [-0.3, -0.25) is 5.01 Å². The molecule has 4 nitrogen and oxygen atoms in total. The summed E-state index contributed by atoms with van der Waals surface area (Å²) in [7, 11) is 0. The molecule has 1 fully saturated rings. The number of hydrazone groups is 1. The van der Waals surface area contributed by atoms with Crippen LogP contribution >= 0.6 is 11.8 Å². The molecule has 0 bridgehead atoms. The van der Waals surface area contributed by atoms with E-state index in [-0.39, 0.29) is 0 Å². The lowest BCUT2D eigenvalue weighted by molar-refractivity contribution is -0.153. The molecule has 2 rings (SSSR count). The summed E-state index contributed by atoms with van der Waals surface area (Å²) >= 11 is 1.56. The van der Waals surface area contributed by atoms with Crippen LogP contribution in [0.2, 0.25) is 0 Å². The highest BCUT2D eigenvalue weighted by Gasteiger charge is 2.45. The van der Waals surface area contributed by atoms with E-state index in [1.165, 1.54) is 0 Å². The Morgan fingerprint density at radius 2 is 2.14 bits per heavy atom. The fourth-order valence-corrected chi connectivity index (χ4v) is 2.88. The molecule has 2 aliphatic rings. The van der Waals surface area contributed by atoms with Gasteiger partial charge in [0.2, 0.25) is 0 Å². The Hall–Kier alpha value is -0.710. The van der Waals surface area contributed by atoms with Gasteiger partial charge in [0, 0.05) is 0 Å². The number of hydrogen-bond donors (Lipinski definition) is 1. The quantitative estimate of drug-likeness (QED) is 0.760. The van der Waals surface area contributed by atoms with Gasteiger partial charge in [-0.25, -0.2) is 4.79 Å². The monoisotopic (exact) mass is 214 g/mol. The van der Waals surface area contributed by atoms with Gasteiger partial charge in [-0.1, -0.05) is 31.0 Å². The van der Waals surface area contributed by atoms with Gasteiger partial charge in [-0.15, -0.1) is 0 Å². The molecule has 0 atom stereocenters. The van der Waals surface area contributed by atoms with Crippen molar-refractivity contribution in [3.8, 4) is 0 Å². The molecule has 0 unspecified atom stereocenters. The van der Waals surface area contributed by atoms with Crippen molar-refractivity contribution in [1.29, 1.82) is 0 Å². The third kappa shape index (κ3) is 1.49. The minimum absolute atomic E-state index is 0.687. The van der Waals surface area contributed by atoms with Crippen molar-refractivity contribution in [2.45, 2.75) is 37.6 Å². The van der Waals surface area contributed by atoms with Crippen LogP contribution in [0.25, 0.3) is 0 Å². The molecule has 0 aromatic rings. The fourth-order valence-electron chi connectivity index (χ4n) is 2.18. The summed E-state index contributed by atoms with van der Waals surface area (Å²) in [5, 5.41) is 15.2. The summed E-state index contributed by atoms with van der Waals surface area (Å²) in [4.78, 5) is 11.3. The highest BCUT2D eigenvalue weighted by Crippen LogP contribution is 2.36. The molecule has 0 aromatic heterocycles. The second kappa shape index (κ2) is 3.81. The van der Waals surface area contributed by atoms with Crippen molar-refractivity contribution in [2.24, 2.45) is 5.10 Å². The Balaban J connectivity index is 2.19. The van der Waals surface area contributed by atoms with Crippen LogP contribution < -0.4 is 0 Å². The summed E-state index contributed by atoms with van der Waals surface area (Å²) in [6, 6.07) is 0. The van der Waals surface area contributed by atoms with E-state index in [9.17, 15) is 9.90 Å². The summed E-state index contributed by atoms with van der Waals surface area (Å²) in [6.07, 6.45) is 4.63. The molecule has 0 amide bonds. The van der Waals surface area contributed by atoms with Gasteiger partial charge in [-0.05, 0) is 12.8 Å². The van der Waals surface area contributed by atoms with Crippen molar-refractivity contribution < 1.29 is 9.90 Å². The maximum Gasteiger partial charge on any atom is 0.331 e. The molecule has 0 radical (unpaired) electrons. The number of carboxylic acid groups (broad SMARTS) is 1. The first-order valence-electron chi connectivity index (χ1n) is 4.91. The van der Waals surface area contributed by atoms with Gasteiger partial charge in [0.05, 0.1) is 11.4 Å². The predicted molar refractivity (Wildman–Crippen MR) is 56.2 cm³/mol. The Morgan fingerprint density at radius 1 is 1.43 bits per heavy atom. The third-order valence-corrected chi connectivity index (χ3v) is 3.67. The second-order valence-corrected chi connectivity index (χ2v) is 4.62. The van der Waals surface area contributed by atoms with Crippen LogP contribution in [0.5, 0.6) is 0 Å². The first-order valence-corrected chi connectivity index (χ1v) is 5.96. The number of aliphatic carboxylic acids is 1. The van der Waals surface area contributed by atoms with Crippen LogP contribution in [0.15, 0.2) is 5.10 Å². The molecule has 1 saturated carbocycles. The number of carbonyl (C=O) groups is 1. The molecule has 1 heterocycles. The molecule has 1 aliphatic heterocycles. The standard InChI is InChI=1S/C9H14N2O2S/c12-8(13)9(4-2-1-3-5-9)11-7-14-6-10-11/h6H,1-5,7H2,(H,12,13). The van der Waals surface area contributed by atoms with Crippen molar-refractivity contribution in [2.75, 3.05) is 5.88 Å². The number of rotatable bonds is 2. The molecule has 0 aromatic carbocycles. The van der Waals surface area contributed by atoms with E-state index in [2.05, 4.69) is 5.10 Å². The minimum Gasteiger partial charge on any atom is -0.479 e. The summed E-state index contributed by atoms with van der Waals surface area (Å²) < 4.78 is 0. The van der Waals surface area contributed by atoms with Gasteiger partial charge >= 0.3 is 5.97 Å². The molecule has 14 heavy (non-hydrogen) atoms. The lowest BCUT2D eigenvalue weighted by Crippen LogP contribution is -2.52. The average Bonchev–Trinajstić information content (AvgIpc) is 2.72. The molecule has 0 spiro atoms. The van der Waals surface area contributed by atoms with E-state index in [1.54, 1.807) is 22.3 Å². The van der Waals surface area contributed by atoms with Gasteiger partial charge < -0.3 is 5.11 Å². The first-order chi connectivity index (χ1) is 6.76. The van der Waals surface area contributed by atoms with Crippen molar-refractivity contribution >= 4 is 23.3 Å². The Bertz CT molecular complexity index is 262. The highest BCUT2D eigenvalue weighted by molar-refractivity contribution is 8.12. The van der Waals surface area contributed by atoms with Crippen LogP contribution in [0.4, 0.5) is 0 Å². The van der Waals surface area contributed by atoms with E-state index in [1.807, 2.05) is 0 Å². The van der Waals surface area contributed by atoms with Gasteiger partial charge in [0.15, 0.2) is 5.54 Å². The van der Waals surface area contributed by atoms with E-state index >= 15 is 0 Å². The molecule has 0 saturated heterocycles. The van der Waals surface area contributed by atoms with Crippen molar-refractivity contribution in [3.05, 3.63) is 0 Å². The highest BCUT2D eigenvalue weighted by atomic mass is 32.2. The minimum atomic E-state index is -0.711. The SMILES string of the molecule is O=C(O)C1(N2CSC=N2)CCCCC1. The zero-order valence-electron chi connectivity index (χ0n) is 7.98. The molecular formula is C9H14N2O2S. The largest absolute Gasteiger partial charge is 0.479 e. The molecule has 1 N–H and O–H groups in total. The lowest BCUT2D eigenvalue weighted by atomic mass is 9.81. The number of hydrogen-bond acceptors (Lipinski definition) is 4. The Labute approximate surface area is 87.4 Å². The summed E-state index contributed by atoms with van der Waals surface area (Å²) in [5.74, 6) is -0.0244. The third-order valence-electron chi connectivity index (χ3n) is 3.03. The van der Waals surface area contributed by atoms with E-state index in [0.29, 0.717) is 5.88 Å². The van der Waals surface area contributed by atoms with Crippen molar-refractivity contribution in [1.82, 2.24) is 5.01 Å². The lowest BCUT2D eigenvalue weighted by Gasteiger charge is -2.39. The smallest absolute Gasteiger partial charge is 0.331 e. The number of carboxylic acids is 1. The zero-order chi connectivity index (χ0) is 10.0. The van der Waals surface area contributed by atoms with Gasteiger partial charge in [0.1, 0.15) is 0 Å². The topological polar surface area (TPSA) is 52.9 Å². The van der Waals surface area contributed by atoms with E-state index < -0.39 is 11.5 Å². The maximum atomic E-state index is 11.3. The first kappa shape index (κ1) is 9.83. The zero-order valence-corrected chi connectivity index (χ0v) is 8.79.